The van der Waals surface area contributed by atoms with E-state index in [1.807, 2.05) is 20.8 Å². The maximum absolute atomic E-state index is 12.1. The Morgan fingerprint density at radius 1 is 1.53 bits per heavy atom. The second-order valence-corrected chi connectivity index (χ2v) is 7.47. The number of piperazine rings is 1. The number of rotatable bonds is 3. The average Bonchev–Trinajstić information content (AvgIpc) is 2.24. The number of nitrogens with one attached hydrogen (secondary N) is 1. The molecule has 19 heavy (non-hydrogen) atoms. The van der Waals surface area contributed by atoms with Crippen LogP contribution in [-0.2, 0) is 9.53 Å². The molecule has 0 aliphatic carbocycles. The maximum atomic E-state index is 12.1. The standard InChI is InChI=1S/C13H24N2O3S/c1-9(2)19-8-10-11(16)14-6-7-15(10)12(17)18-13(3,4)5/h9-10H,6-8H2,1-5H3,(H,14,16). The van der Waals surface area contributed by atoms with Crippen molar-refractivity contribution in [3.05, 3.63) is 0 Å². The third-order valence-corrected chi connectivity index (χ3v) is 3.72. The summed E-state index contributed by atoms with van der Waals surface area (Å²) in [7, 11) is 0. The zero-order valence-corrected chi connectivity index (χ0v) is 13.2. The van der Waals surface area contributed by atoms with E-state index >= 15 is 0 Å². The molecule has 0 spiro atoms. The van der Waals surface area contributed by atoms with Crippen molar-refractivity contribution in [2.24, 2.45) is 0 Å². The Morgan fingerprint density at radius 3 is 2.68 bits per heavy atom. The Kier molecular flexibility index (Phi) is 5.52. The van der Waals surface area contributed by atoms with Gasteiger partial charge in [0.15, 0.2) is 0 Å². The van der Waals surface area contributed by atoms with Crippen LogP contribution in [0.1, 0.15) is 34.6 Å². The average molecular weight is 288 g/mol. The number of amides is 2. The molecule has 1 rings (SSSR count). The highest BCUT2D eigenvalue weighted by atomic mass is 32.2. The molecule has 1 aliphatic rings. The minimum absolute atomic E-state index is 0.0924. The number of carbonyl (C=O) groups is 2. The third-order valence-electron chi connectivity index (χ3n) is 2.55. The predicted octanol–water partition coefficient (Wildman–Crippen LogP) is 1.86. The van der Waals surface area contributed by atoms with Crippen LogP contribution in [0, 0.1) is 0 Å². The highest BCUT2D eigenvalue weighted by Crippen LogP contribution is 2.18. The van der Waals surface area contributed by atoms with E-state index < -0.39 is 17.7 Å². The Labute approximate surface area is 119 Å². The molecule has 110 valence electrons. The molecule has 2 amide bonds. The second-order valence-electron chi connectivity index (χ2n) is 5.86. The summed E-state index contributed by atoms with van der Waals surface area (Å²) in [6, 6.07) is -0.434. The molecule has 1 saturated heterocycles. The van der Waals surface area contributed by atoms with Crippen molar-refractivity contribution in [3.8, 4) is 0 Å². The van der Waals surface area contributed by atoms with E-state index in [1.54, 1.807) is 16.7 Å². The smallest absolute Gasteiger partial charge is 0.411 e. The summed E-state index contributed by atoms with van der Waals surface area (Å²) in [6.07, 6.45) is -0.406. The van der Waals surface area contributed by atoms with Crippen molar-refractivity contribution in [2.45, 2.75) is 51.5 Å². The molecule has 1 N–H and O–H groups in total. The van der Waals surface area contributed by atoms with Crippen LogP contribution < -0.4 is 5.32 Å². The monoisotopic (exact) mass is 288 g/mol. The van der Waals surface area contributed by atoms with Crippen LogP contribution in [0.3, 0.4) is 0 Å². The Balaban J connectivity index is 2.70. The molecule has 5 nitrogen and oxygen atoms in total. The fraction of sp³-hybridized carbons (Fsp3) is 0.846. The van der Waals surface area contributed by atoms with E-state index in [9.17, 15) is 9.59 Å². The summed E-state index contributed by atoms with van der Waals surface area (Å²) in [5.74, 6) is 0.508. The number of carbonyl (C=O) groups excluding carboxylic acids is 2. The van der Waals surface area contributed by atoms with E-state index in [0.29, 0.717) is 24.1 Å². The van der Waals surface area contributed by atoms with Gasteiger partial charge >= 0.3 is 6.09 Å². The summed E-state index contributed by atoms with van der Waals surface area (Å²) in [6.45, 7) is 10.6. The molecular weight excluding hydrogens is 264 g/mol. The molecule has 1 heterocycles. The van der Waals surface area contributed by atoms with Crippen molar-refractivity contribution in [3.63, 3.8) is 0 Å². The van der Waals surface area contributed by atoms with Crippen LogP contribution in [0.5, 0.6) is 0 Å². The SMILES string of the molecule is CC(C)SCC1C(=O)NCCN1C(=O)OC(C)(C)C. The lowest BCUT2D eigenvalue weighted by Gasteiger charge is -2.36. The first kappa shape index (κ1) is 16.1. The van der Waals surface area contributed by atoms with Crippen molar-refractivity contribution >= 4 is 23.8 Å². The number of thioether (sulfide) groups is 1. The molecule has 1 atom stereocenters. The van der Waals surface area contributed by atoms with Crippen molar-refractivity contribution in [1.82, 2.24) is 10.2 Å². The zero-order chi connectivity index (χ0) is 14.6. The maximum Gasteiger partial charge on any atom is 0.411 e. The molecule has 1 fully saturated rings. The van der Waals surface area contributed by atoms with Crippen LogP contribution in [0.2, 0.25) is 0 Å². The van der Waals surface area contributed by atoms with E-state index in [0.717, 1.165) is 0 Å². The fourth-order valence-corrected chi connectivity index (χ4v) is 2.60. The van der Waals surface area contributed by atoms with Crippen LogP contribution in [0.15, 0.2) is 0 Å². The van der Waals surface area contributed by atoms with Gasteiger partial charge in [-0.15, -0.1) is 0 Å². The van der Waals surface area contributed by atoms with Gasteiger partial charge in [-0.2, -0.15) is 11.8 Å². The Bertz CT molecular complexity index is 339. The summed E-state index contributed by atoms with van der Waals surface area (Å²) < 4.78 is 5.36. The van der Waals surface area contributed by atoms with Crippen molar-refractivity contribution < 1.29 is 14.3 Å². The highest BCUT2D eigenvalue weighted by molar-refractivity contribution is 7.99. The lowest BCUT2D eigenvalue weighted by atomic mass is 10.2. The molecular formula is C13H24N2O3S. The van der Waals surface area contributed by atoms with Crippen molar-refractivity contribution in [1.29, 1.82) is 0 Å². The first-order chi connectivity index (χ1) is 8.70. The topological polar surface area (TPSA) is 58.6 Å². The van der Waals surface area contributed by atoms with Gasteiger partial charge in [0.25, 0.3) is 0 Å². The molecule has 0 bridgehead atoms. The van der Waals surface area contributed by atoms with Gasteiger partial charge in [-0.1, -0.05) is 13.8 Å². The number of nitrogens with zero attached hydrogens (tertiary/aromatic N) is 1. The fourth-order valence-electron chi connectivity index (χ4n) is 1.70. The van der Waals surface area contributed by atoms with Gasteiger partial charge < -0.3 is 10.1 Å². The third kappa shape index (κ3) is 5.30. The molecule has 0 radical (unpaired) electrons. The largest absolute Gasteiger partial charge is 0.444 e. The van der Waals surface area contributed by atoms with Gasteiger partial charge in [-0.05, 0) is 26.0 Å². The van der Waals surface area contributed by atoms with Gasteiger partial charge in [-0.25, -0.2) is 4.79 Å². The zero-order valence-electron chi connectivity index (χ0n) is 12.4. The second kappa shape index (κ2) is 6.50. The summed E-state index contributed by atoms with van der Waals surface area (Å²) in [5, 5.41) is 3.23. The molecule has 1 unspecified atom stereocenters. The predicted molar refractivity (Wildman–Crippen MR) is 77.3 cm³/mol. The highest BCUT2D eigenvalue weighted by Gasteiger charge is 2.35. The molecule has 0 aromatic rings. The van der Waals surface area contributed by atoms with E-state index in [1.165, 1.54) is 0 Å². The van der Waals surface area contributed by atoms with Crippen LogP contribution in [0.25, 0.3) is 0 Å². The molecule has 1 aliphatic heterocycles. The molecule has 0 saturated carbocycles. The normalized spacial score (nSPS) is 20.4. The minimum Gasteiger partial charge on any atom is -0.444 e. The quantitative estimate of drug-likeness (QED) is 0.861. The van der Waals surface area contributed by atoms with Gasteiger partial charge in [-0.3, -0.25) is 9.69 Å². The number of hydrogen-bond donors (Lipinski definition) is 1. The van der Waals surface area contributed by atoms with E-state index in [4.69, 9.17) is 4.74 Å². The van der Waals surface area contributed by atoms with Gasteiger partial charge in [0.2, 0.25) is 5.91 Å². The molecule has 0 aromatic heterocycles. The number of ether oxygens (including phenoxy) is 1. The lowest BCUT2D eigenvalue weighted by molar-refractivity contribution is -0.127. The van der Waals surface area contributed by atoms with Crippen LogP contribution >= 0.6 is 11.8 Å². The first-order valence-corrected chi connectivity index (χ1v) is 7.64. The number of hydrogen-bond acceptors (Lipinski definition) is 4. The molecule has 6 heteroatoms. The minimum atomic E-state index is -0.541. The lowest BCUT2D eigenvalue weighted by Crippen LogP contribution is -2.59. The van der Waals surface area contributed by atoms with Crippen LogP contribution in [0.4, 0.5) is 4.79 Å². The summed E-state index contributed by atoms with van der Waals surface area (Å²) in [4.78, 5) is 25.6. The summed E-state index contributed by atoms with van der Waals surface area (Å²) >= 11 is 1.67. The first-order valence-electron chi connectivity index (χ1n) is 6.59. The van der Waals surface area contributed by atoms with Crippen LogP contribution in [-0.4, -0.2) is 52.6 Å². The van der Waals surface area contributed by atoms with E-state index in [-0.39, 0.29) is 5.91 Å². The van der Waals surface area contributed by atoms with Crippen molar-refractivity contribution in [2.75, 3.05) is 18.8 Å². The van der Waals surface area contributed by atoms with Gasteiger partial charge in [0.05, 0.1) is 0 Å². The van der Waals surface area contributed by atoms with Gasteiger partial charge in [0, 0.05) is 18.8 Å². The van der Waals surface area contributed by atoms with E-state index in [2.05, 4.69) is 19.2 Å². The Morgan fingerprint density at radius 2 is 2.16 bits per heavy atom. The summed E-state index contributed by atoms with van der Waals surface area (Å²) in [5.41, 5.74) is -0.541. The molecule has 0 aromatic carbocycles. The Hall–Kier alpha value is -0.910. The van der Waals surface area contributed by atoms with Gasteiger partial charge in [0.1, 0.15) is 11.6 Å².